The summed E-state index contributed by atoms with van der Waals surface area (Å²) >= 11 is 26.5. The molecule has 0 aromatic heterocycles. The van der Waals surface area contributed by atoms with Crippen LogP contribution in [0.4, 0.5) is 5.69 Å². The summed E-state index contributed by atoms with van der Waals surface area (Å²) in [6, 6.07) is 14.3. The maximum Gasteiger partial charge on any atom is 0.266 e. The van der Waals surface area contributed by atoms with Crippen LogP contribution in [0.3, 0.4) is 0 Å². The molecule has 3 aromatic rings. The summed E-state index contributed by atoms with van der Waals surface area (Å²) in [5, 5.41) is 1.98. The second-order valence-corrected chi connectivity index (χ2v) is 11.5. The molecule has 1 heterocycles. The minimum Gasteiger partial charge on any atom is -0.493 e. The van der Waals surface area contributed by atoms with Crippen LogP contribution in [-0.2, 0) is 11.4 Å². The van der Waals surface area contributed by atoms with Crippen LogP contribution >= 0.6 is 78.4 Å². The van der Waals surface area contributed by atoms with Crippen LogP contribution < -0.4 is 9.47 Å². The summed E-state index contributed by atoms with van der Waals surface area (Å²) < 4.78 is 13.2. The van der Waals surface area contributed by atoms with E-state index in [0.717, 1.165) is 14.5 Å². The molecule has 0 unspecified atom stereocenters. The quantitative estimate of drug-likeness (QED) is 0.242. The van der Waals surface area contributed by atoms with E-state index in [0.29, 0.717) is 47.9 Å². The highest BCUT2D eigenvalue weighted by atomic mass is 79.9. The molecule has 1 amide bonds. The maximum atomic E-state index is 13.0. The normalized spacial score (nSPS) is 15.8. The van der Waals surface area contributed by atoms with Crippen molar-refractivity contribution in [1.82, 2.24) is 4.90 Å². The van der Waals surface area contributed by atoms with Crippen molar-refractivity contribution in [3.8, 4) is 11.5 Å². The van der Waals surface area contributed by atoms with E-state index in [1.54, 1.807) is 44.5 Å². The zero-order valence-electron chi connectivity index (χ0n) is 18.8. The van der Waals surface area contributed by atoms with Gasteiger partial charge in [0.1, 0.15) is 6.61 Å². The average molecular weight is 692 g/mol. The zero-order chi connectivity index (χ0) is 26.0. The Labute approximate surface area is 244 Å². The maximum absolute atomic E-state index is 13.0. The Kier molecular flexibility index (Phi) is 8.96. The van der Waals surface area contributed by atoms with Gasteiger partial charge in [-0.25, -0.2) is 4.99 Å². The van der Waals surface area contributed by atoms with Gasteiger partial charge < -0.3 is 9.47 Å². The summed E-state index contributed by atoms with van der Waals surface area (Å²) in [4.78, 5) is 19.6. The molecule has 0 spiro atoms. The van der Waals surface area contributed by atoms with E-state index in [4.69, 9.17) is 44.3 Å². The van der Waals surface area contributed by atoms with Crippen molar-refractivity contribution in [2.45, 2.75) is 6.61 Å². The Hall–Kier alpha value is -1.68. The molecule has 1 fully saturated rings. The lowest BCUT2D eigenvalue weighted by molar-refractivity contribution is -0.121. The number of thioether (sulfide) groups is 1. The predicted octanol–water partition coefficient (Wildman–Crippen LogP) is 8.99. The average Bonchev–Trinajstić information content (AvgIpc) is 3.10. The Bertz CT molecular complexity index is 1420. The van der Waals surface area contributed by atoms with E-state index in [9.17, 15) is 4.79 Å². The van der Waals surface area contributed by atoms with Gasteiger partial charge in [-0.1, -0.05) is 56.8 Å². The molecule has 36 heavy (non-hydrogen) atoms. The monoisotopic (exact) mass is 688 g/mol. The fourth-order valence-electron chi connectivity index (χ4n) is 3.24. The Morgan fingerprint density at radius 2 is 1.81 bits per heavy atom. The van der Waals surface area contributed by atoms with Crippen LogP contribution in [0.15, 0.2) is 67.4 Å². The number of aliphatic imine (C=N–C) groups is 1. The van der Waals surface area contributed by atoms with E-state index in [-0.39, 0.29) is 12.5 Å². The number of rotatable bonds is 6. The van der Waals surface area contributed by atoms with Crippen LogP contribution in [0.5, 0.6) is 11.5 Å². The summed E-state index contributed by atoms with van der Waals surface area (Å²) in [5.74, 6) is 0.815. The molecule has 4 rings (SSSR count). The highest BCUT2D eigenvalue weighted by Gasteiger charge is 2.31. The molecule has 0 atom stereocenters. The van der Waals surface area contributed by atoms with Crippen molar-refractivity contribution < 1.29 is 14.3 Å². The van der Waals surface area contributed by atoms with Crippen molar-refractivity contribution in [3.05, 3.63) is 88.6 Å². The van der Waals surface area contributed by atoms with Gasteiger partial charge >= 0.3 is 0 Å². The van der Waals surface area contributed by atoms with Gasteiger partial charge in [-0.2, -0.15) is 0 Å². The molecule has 1 aliphatic heterocycles. The Balaban J connectivity index is 1.66. The van der Waals surface area contributed by atoms with Gasteiger partial charge in [-0.05, 0) is 81.8 Å². The highest BCUT2D eigenvalue weighted by Crippen LogP contribution is 2.40. The number of amidine groups is 1. The largest absolute Gasteiger partial charge is 0.493 e. The van der Waals surface area contributed by atoms with E-state index in [2.05, 4.69) is 36.9 Å². The molecule has 1 saturated heterocycles. The molecule has 186 valence electrons. The minimum absolute atomic E-state index is 0.184. The third-order valence-electron chi connectivity index (χ3n) is 5.05. The molecule has 0 aliphatic carbocycles. The first-order valence-corrected chi connectivity index (χ1v) is 13.9. The predicted molar refractivity (Wildman–Crippen MR) is 156 cm³/mol. The first-order chi connectivity index (χ1) is 17.2. The number of carbonyl (C=O) groups excluding carboxylic acids is 1. The summed E-state index contributed by atoms with van der Waals surface area (Å²) in [7, 11) is 3.24. The molecular formula is C25H17Br2Cl3N2O3S. The van der Waals surface area contributed by atoms with E-state index in [1.807, 2.05) is 24.3 Å². The second-order valence-electron chi connectivity index (χ2n) is 7.53. The smallest absolute Gasteiger partial charge is 0.266 e. The van der Waals surface area contributed by atoms with Crippen LogP contribution in [0, 0.1) is 0 Å². The van der Waals surface area contributed by atoms with Gasteiger partial charge in [0.2, 0.25) is 0 Å². The molecule has 0 saturated carbocycles. The molecular weight excluding hydrogens is 675 g/mol. The van der Waals surface area contributed by atoms with Gasteiger partial charge in [0.15, 0.2) is 16.7 Å². The molecule has 3 aromatic carbocycles. The number of carbonyl (C=O) groups is 1. The van der Waals surface area contributed by atoms with Crippen LogP contribution in [0.1, 0.15) is 11.1 Å². The summed E-state index contributed by atoms with van der Waals surface area (Å²) in [5.41, 5.74) is 2.14. The number of ether oxygens (including phenoxy) is 2. The molecule has 0 bridgehead atoms. The van der Waals surface area contributed by atoms with Gasteiger partial charge in [0.25, 0.3) is 5.91 Å². The first-order valence-electron chi connectivity index (χ1n) is 10.3. The van der Waals surface area contributed by atoms with Gasteiger partial charge in [0, 0.05) is 21.6 Å². The number of halogens is 5. The lowest BCUT2D eigenvalue weighted by Crippen LogP contribution is -2.23. The molecule has 11 heteroatoms. The van der Waals surface area contributed by atoms with Crippen molar-refractivity contribution >= 4 is 101 Å². The van der Waals surface area contributed by atoms with Crippen molar-refractivity contribution in [2.24, 2.45) is 4.99 Å². The molecule has 0 N–H and O–H groups in total. The number of nitrogens with zero attached hydrogens (tertiary/aromatic N) is 2. The Morgan fingerprint density at radius 3 is 2.50 bits per heavy atom. The third-order valence-corrected chi connectivity index (χ3v) is 8.54. The summed E-state index contributed by atoms with van der Waals surface area (Å²) in [6.07, 6.45) is 1.76. The number of likely N-dealkylation sites (N-methyl/N-ethyl adjacent to an activating group) is 1. The van der Waals surface area contributed by atoms with Crippen LogP contribution in [0.25, 0.3) is 6.08 Å². The fraction of sp³-hybridized carbons (Fsp3) is 0.120. The second kappa shape index (κ2) is 11.8. The minimum atomic E-state index is -0.184. The van der Waals surface area contributed by atoms with Crippen molar-refractivity contribution in [1.29, 1.82) is 0 Å². The Morgan fingerprint density at radius 1 is 1.03 bits per heavy atom. The number of amides is 1. The lowest BCUT2D eigenvalue weighted by Gasteiger charge is -2.15. The SMILES string of the molecule is COc1cc(Br)cc(/C=C2/SC(=Nc3ccc(Br)c(Cl)c3)N(C)C2=O)c1OCc1ccc(Cl)c(Cl)c1. The number of hydrogen-bond donors (Lipinski definition) is 0. The number of methoxy groups -OCH3 is 1. The number of benzene rings is 3. The zero-order valence-corrected chi connectivity index (χ0v) is 25.1. The topological polar surface area (TPSA) is 51.1 Å². The van der Waals surface area contributed by atoms with Gasteiger partial charge in [-0.3, -0.25) is 9.69 Å². The standard InChI is InChI=1S/C25H17Br2Cl3N2O3S/c1-32-24(33)22(36-25(32)31-16-4-5-17(27)19(29)11-16)9-14-8-15(26)10-21(34-2)23(14)35-12-13-3-6-18(28)20(30)7-13/h3-11H,12H2,1-2H3/b22-9+,31-25?. The molecule has 5 nitrogen and oxygen atoms in total. The van der Waals surface area contributed by atoms with E-state index < -0.39 is 0 Å². The van der Waals surface area contributed by atoms with Crippen molar-refractivity contribution in [2.75, 3.05) is 14.2 Å². The first kappa shape index (κ1) is 27.4. The number of hydrogen-bond acceptors (Lipinski definition) is 5. The van der Waals surface area contributed by atoms with E-state index in [1.165, 1.54) is 16.7 Å². The summed E-state index contributed by atoms with van der Waals surface area (Å²) in [6.45, 7) is 0.225. The third kappa shape index (κ3) is 6.23. The fourth-order valence-corrected chi connectivity index (χ4v) is 5.42. The molecule has 0 radical (unpaired) electrons. The van der Waals surface area contributed by atoms with E-state index >= 15 is 0 Å². The molecule has 1 aliphatic rings. The highest BCUT2D eigenvalue weighted by molar-refractivity contribution is 9.10. The van der Waals surface area contributed by atoms with Gasteiger partial charge in [-0.15, -0.1) is 0 Å². The van der Waals surface area contributed by atoms with Crippen LogP contribution in [-0.4, -0.2) is 30.1 Å². The van der Waals surface area contributed by atoms with Gasteiger partial charge in [0.05, 0.1) is 32.8 Å². The lowest BCUT2D eigenvalue weighted by atomic mass is 10.1. The van der Waals surface area contributed by atoms with Crippen molar-refractivity contribution in [3.63, 3.8) is 0 Å². The van der Waals surface area contributed by atoms with Crippen LogP contribution in [0.2, 0.25) is 15.1 Å².